The maximum atomic E-state index is 9.00. The van der Waals surface area contributed by atoms with Crippen LogP contribution < -0.4 is 12.3 Å². The van der Waals surface area contributed by atoms with Crippen LogP contribution in [0.3, 0.4) is 0 Å². The molecule has 0 spiro atoms. The minimum atomic E-state index is -0.833. The highest BCUT2D eigenvalue weighted by Crippen LogP contribution is 1.42. The Bertz CT molecular complexity index is 131. The van der Waals surface area contributed by atoms with Crippen molar-refractivity contribution >= 4 is 17.9 Å². The summed E-state index contributed by atoms with van der Waals surface area (Å²) in [4.78, 5) is 27.0. The molecular formula is C8H22N2O6. The van der Waals surface area contributed by atoms with E-state index in [1.54, 1.807) is 0 Å². The van der Waals surface area contributed by atoms with Gasteiger partial charge in [-0.25, -0.2) is 0 Å². The topological polar surface area (TPSA) is 182 Å². The smallest absolute Gasteiger partial charge is 0.300 e. The van der Waals surface area contributed by atoms with Gasteiger partial charge in [0.15, 0.2) is 0 Å². The van der Waals surface area contributed by atoms with E-state index >= 15 is 0 Å². The molecule has 0 unspecified atom stereocenters. The number of carboxylic acids is 3. The standard InChI is InChI=1S/3C2H4O2.C2H4.2H3N/c3*1-2(3)4;1-2;;/h3*1H3,(H,3,4);1-2H2;2*1H3. The summed E-state index contributed by atoms with van der Waals surface area (Å²) in [5, 5.41) is 22.2. The third-order valence-corrected chi connectivity index (χ3v) is 0. The van der Waals surface area contributed by atoms with Gasteiger partial charge in [0.25, 0.3) is 17.9 Å². The fraction of sp³-hybridized carbons (Fsp3) is 0.375. The summed E-state index contributed by atoms with van der Waals surface area (Å²) in [6.07, 6.45) is 0. The lowest BCUT2D eigenvalue weighted by Crippen LogP contribution is -1.78. The van der Waals surface area contributed by atoms with Gasteiger partial charge in [-0.05, 0) is 0 Å². The summed E-state index contributed by atoms with van der Waals surface area (Å²) in [5.41, 5.74) is 0. The van der Waals surface area contributed by atoms with Gasteiger partial charge in [0.1, 0.15) is 0 Å². The van der Waals surface area contributed by atoms with Gasteiger partial charge in [0.05, 0.1) is 0 Å². The Kier molecular flexibility index (Phi) is 87.9. The van der Waals surface area contributed by atoms with Crippen LogP contribution in [0, 0.1) is 0 Å². The number of hydrogen-bond donors (Lipinski definition) is 5. The van der Waals surface area contributed by atoms with E-state index in [-0.39, 0.29) is 12.3 Å². The second-order valence-corrected chi connectivity index (χ2v) is 1.56. The van der Waals surface area contributed by atoms with Crippen molar-refractivity contribution in [3.63, 3.8) is 0 Å². The Morgan fingerprint density at radius 1 is 0.688 bits per heavy atom. The maximum Gasteiger partial charge on any atom is 0.300 e. The van der Waals surface area contributed by atoms with Crippen molar-refractivity contribution in [3.05, 3.63) is 13.2 Å². The zero-order chi connectivity index (χ0) is 12.7. The molecule has 100 valence electrons. The number of rotatable bonds is 0. The third-order valence-electron chi connectivity index (χ3n) is 0. The van der Waals surface area contributed by atoms with E-state index in [0.29, 0.717) is 0 Å². The van der Waals surface area contributed by atoms with Crippen molar-refractivity contribution in [3.8, 4) is 0 Å². The molecule has 0 aliphatic heterocycles. The Morgan fingerprint density at radius 2 is 0.688 bits per heavy atom. The minimum Gasteiger partial charge on any atom is -0.481 e. The molecule has 9 N–H and O–H groups in total. The molecule has 0 aromatic heterocycles. The third kappa shape index (κ3) is 397. The molecule has 0 amide bonds. The zero-order valence-electron chi connectivity index (χ0n) is 9.89. The molecule has 0 saturated carbocycles. The molecule has 0 rings (SSSR count). The fourth-order valence-corrected chi connectivity index (χ4v) is 0. The number of aliphatic carboxylic acids is 3. The molecule has 0 aliphatic carbocycles. The Labute approximate surface area is 94.8 Å². The van der Waals surface area contributed by atoms with Crippen LogP contribution in [0.4, 0.5) is 0 Å². The van der Waals surface area contributed by atoms with E-state index in [2.05, 4.69) is 13.2 Å². The van der Waals surface area contributed by atoms with Crippen molar-refractivity contribution in [1.82, 2.24) is 12.3 Å². The lowest BCUT2D eigenvalue weighted by molar-refractivity contribution is -0.135. The van der Waals surface area contributed by atoms with Crippen molar-refractivity contribution in [2.45, 2.75) is 20.8 Å². The molecule has 0 aromatic carbocycles. The first-order valence-electron chi connectivity index (χ1n) is 3.28. The van der Waals surface area contributed by atoms with E-state index in [1.165, 1.54) is 0 Å². The molecule has 0 saturated heterocycles. The second kappa shape index (κ2) is 38.1. The molecule has 0 atom stereocenters. The van der Waals surface area contributed by atoms with Crippen molar-refractivity contribution in [2.75, 3.05) is 0 Å². The normalized spacial score (nSPS) is 4.94. The molecule has 8 nitrogen and oxygen atoms in total. The molecule has 0 aliphatic rings. The summed E-state index contributed by atoms with van der Waals surface area (Å²) < 4.78 is 0. The highest BCUT2D eigenvalue weighted by molar-refractivity contribution is 5.63. The van der Waals surface area contributed by atoms with Gasteiger partial charge in [-0.3, -0.25) is 14.4 Å². The van der Waals surface area contributed by atoms with Gasteiger partial charge in [0, 0.05) is 20.8 Å². The van der Waals surface area contributed by atoms with E-state index < -0.39 is 17.9 Å². The van der Waals surface area contributed by atoms with Gasteiger partial charge < -0.3 is 27.6 Å². The lowest BCUT2D eigenvalue weighted by atomic mass is 10.9. The quantitative estimate of drug-likeness (QED) is 0.394. The molecule has 0 aromatic rings. The summed E-state index contributed by atoms with van der Waals surface area (Å²) >= 11 is 0. The highest BCUT2D eigenvalue weighted by Gasteiger charge is 1.66. The molecule has 0 bridgehead atoms. The molecular weight excluding hydrogens is 220 g/mol. The molecule has 16 heavy (non-hydrogen) atoms. The van der Waals surface area contributed by atoms with Crippen LogP contribution in [0.15, 0.2) is 13.2 Å². The predicted molar refractivity (Wildman–Crippen MR) is 61.2 cm³/mol. The minimum absolute atomic E-state index is 0. The van der Waals surface area contributed by atoms with Crippen LogP contribution >= 0.6 is 0 Å². The number of carbonyl (C=O) groups is 3. The van der Waals surface area contributed by atoms with Gasteiger partial charge in [-0.1, -0.05) is 0 Å². The van der Waals surface area contributed by atoms with Gasteiger partial charge >= 0.3 is 0 Å². The van der Waals surface area contributed by atoms with Crippen molar-refractivity contribution in [1.29, 1.82) is 0 Å². The molecule has 0 heterocycles. The predicted octanol–water partition coefficient (Wildman–Crippen LogP) is 1.40. The highest BCUT2D eigenvalue weighted by atomic mass is 16.4. The SMILES string of the molecule is C=C.CC(=O)O.CC(=O)O.CC(=O)O.N.N. The fourth-order valence-electron chi connectivity index (χ4n) is 0. The van der Waals surface area contributed by atoms with Crippen LogP contribution in [0.5, 0.6) is 0 Å². The Balaban J connectivity index is -0.0000000205. The monoisotopic (exact) mass is 242 g/mol. The zero-order valence-corrected chi connectivity index (χ0v) is 9.89. The van der Waals surface area contributed by atoms with E-state index in [0.717, 1.165) is 20.8 Å². The van der Waals surface area contributed by atoms with Crippen LogP contribution in [0.25, 0.3) is 0 Å². The van der Waals surface area contributed by atoms with E-state index in [4.69, 9.17) is 29.7 Å². The average Bonchev–Trinajstić information content (AvgIpc) is 1.86. The van der Waals surface area contributed by atoms with Crippen LogP contribution in [0.2, 0.25) is 0 Å². The summed E-state index contributed by atoms with van der Waals surface area (Å²) in [5.74, 6) is -2.50. The van der Waals surface area contributed by atoms with Crippen molar-refractivity contribution in [2.24, 2.45) is 0 Å². The summed E-state index contributed by atoms with van der Waals surface area (Å²) in [6.45, 7) is 9.25. The van der Waals surface area contributed by atoms with Gasteiger partial charge in [-0.2, -0.15) is 0 Å². The molecule has 0 radical (unpaired) electrons. The first-order chi connectivity index (χ1) is 6.20. The van der Waals surface area contributed by atoms with Crippen molar-refractivity contribution < 1.29 is 29.7 Å². The van der Waals surface area contributed by atoms with Crippen LogP contribution in [0.1, 0.15) is 20.8 Å². The molecule has 8 heteroatoms. The first-order valence-corrected chi connectivity index (χ1v) is 3.28. The Morgan fingerprint density at radius 3 is 0.688 bits per heavy atom. The van der Waals surface area contributed by atoms with E-state index in [1.807, 2.05) is 0 Å². The maximum absolute atomic E-state index is 9.00. The Hall–Kier alpha value is -1.93. The number of hydrogen-bond acceptors (Lipinski definition) is 5. The van der Waals surface area contributed by atoms with Gasteiger partial charge in [0.2, 0.25) is 0 Å². The summed E-state index contributed by atoms with van der Waals surface area (Å²) in [7, 11) is 0. The van der Waals surface area contributed by atoms with Crippen LogP contribution in [-0.4, -0.2) is 33.2 Å². The van der Waals surface area contributed by atoms with Gasteiger partial charge in [-0.15, -0.1) is 13.2 Å². The van der Waals surface area contributed by atoms with E-state index in [9.17, 15) is 0 Å². The first kappa shape index (κ1) is 36.9. The molecule has 0 fully saturated rings. The number of carboxylic acid groups (broad SMARTS) is 3. The second-order valence-electron chi connectivity index (χ2n) is 1.56. The van der Waals surface area contributed by atoms with Crippen LogP contribution in [-0.2, 0) is 14.4 Å². The summed E-state index contributed by atoms with van der Waals surface area (Å²) in [6, 6.07) is 0. The largest absolute Gasteiger partial charge is 0.481 e. The average molecular weight is 242 g/mol. The lowest BCUT2D eigenvalue weighted by Gasteiger charge is -1.59.